The van der Waals surface area contributed by atoms with Crippen molar-refractivity contribution in [1.29, 1.82) is 0 Å². The zero-order valence-electron chi connectivity index (χ0n) is 17.9. The molecule has 0 radical (unpaired) electrons. The maximum absolute atomic E-state index is 13.1. The van der Waals surface area contributed by atoms with Gasteiger partial charge in [0.05, 0.1) is 6.10 Å². The highest BCUT2D eigenvalue weighted by molar-refractivity contribution is 6.00. The maximum Gasteiger partial charge on any atom is 0.318 e. The monoisotopic (exact) mass is 420 g/mol. The standard InChI is InChI=1S/C22H28O8/c1-6-11(2)22(26)21(5)18-15(28-19(21)25)7-13(10-27-12(3)23)14-8-17(24)20(4,29-14)9-16(18)30-22/h7-8,11,15-16,18,26H,6,9-10H2,1-5H3/b13-7-/t11-,15-,16+,18?,20-,21?,22-/m1/s1. The van der Waals surface area contributed by atoms with Crippen LogP contribution in [-0.4, -0.2) is 53.0 Å². The van der Waals surface area contributed by atoms with Crippen molar-refractivity contribution in [2.75, 3.05) is 6.61 Å². The third-order valence-electron chi connectivity index (χ3n) is 7.27. The van der Waals surface area contributed by atoms with Gasteiger partial charge in [-0.15, -0.1) is 0 Å². The van der Waals surface area contributed by atoms with E-state index in [0.717, 1.165) is 0 Å². The summed E-state index contributed by atoms with van der Waals surface area (Å²) < 4.78 is 23.1. The highest BCUT2D eigenvalue weighted by Crippen LogP contribution is 2.61. The highest BCUT2D eigenvalue weighted by Gasteiger charge is 2.75. The van der Waals surface area contributed by atoms with E-state index in [1.165, 1.54) is 13.0 Å². The highest BCUT2D eigenvalue weighted by atomic mass is 16.7. The molecule has 0 amide bonds. The first-order valence-corrected chi connectivity index (χ1v) is 10.4. The van der Waals surface area contributed by atoms with E-state index < -0.39 is 46.9 Å². The van der Waals surface area contributed by atoms with Gasteiger partial charge in [0.25, 0.3) is 0 Å². The van der Waals surface area contributed by atoms with Gasteiger partial charge in [0.2, 0.25) is 5.78 Å². The summed E-state index contributed by atoms with van der Waals surface area (Å²) in [4.78, 5) is 37.2. The Morgan fingerprint density at radius 1 is 1.37 bits per heavy atom. The average Bonchev–Trinajstić information content (AvgIpc) is 3.20. The zero-order chi connectivity index (χ0) is 22.1. The molecule has 2 unspecified atom stereocenters. The Morgan fingerprint density at radius 2 is 2.07 bits per heavy atom. The van der Waals surface area contributed by atoms with Gasteiger partial charge in [-0.3, -0.25) is 14.4 Å². The summed E-state index contributed by atoms with van der Waals surface area (Å²) in [6, 6.07) is 0. The quantitative estimate of drug-likeness (QED) is 0.686. The van der Waals surface area contributed by atoms with Crippen LogP contribution in [0.3, 0.4) is 0 Å². The molecule has 4 aliphatic rings. The van der Waals surface area contributed by atoms with Gasteiger partial charge in [-0.25, -0.2) is 0 Å². The van der Waals surface area contributed by atoms with Gasteiger partial charge in [-0.2, -0.15) is 0 Å². The van der Waals surface area contributed by atoms with Crippen LogP contribution < -0.4 is 0 Å². The average molecular weight is 420 g/mol. The lowest BCUT2D eigenvalue weighted by molar-refractivity contribution is -0.267. The number of ketones is 1. The molecule has 8 heteroatoms. The number of fused-ring (bicyclic) bond motifs is 2. The summed E-state index contributed by atoms with van der Waals surface area (Å²) in [7, 11) is 0. The second kappa shape index (κ2) is 6.65. The largest absolute Gasteiger partial charge is 0.479 e. The minimum Gasteiger partial charge on any atom is -0.479 e. The maximum atomic E-state index is 13.1. The van der Waals surface area contributed by atoms with Crippen molar-refractivity contribution in [1.82, 2.24) is 0 Å². The van der Waals surface area contributed by atoms with E-state index in [4.69, 9.17) is 18.9 Å². The predicted molar refractivity (Wildman–Crippen MR) is 103 cm³/mol. The first-order valence-electron chi connectivity index (χ1n) is 10.4. The van der Waals surface area contributed by atoms with Crippen molar-refractivity contribution in [3.05, 3.63) is 23.5 Å². The third-order valence-corrected chi connectivity index (χ3v) is 7.27. The van der Waals surface area contributed by atoms with Gasteiger partial charge in [0, 0.05) is 36.8 Å². The second-order valence-corrected chi connectivity index (χ2v) is 9.14. The first-order chi connectivity index (χ1) is 14.0. The summed E-state index contributed by atoms with van der Waals surface area (Å²) in [5.74, 6) is -3.56. The third kappa shape index (κ3) is 2.69. The van der Waals surface area contributed by atoms with E-state index in [1.807, 2.05) is 13.8 Å². The molecule has 164 valence electrons. The minimum absolute atomic E-state index is 0.122. The van der Waals surface area contributed by atoms with Crippen LogP contribution in [0.4, 0.5) is 0 Å². The number of rotatable bonds is 4. The van der Waals surface area contributed by atoms with Crippen molar-refractivity contribution in [2.24, 2.45) is 17.3 Å². The van der Waals surface area contributed by atoms with Gasteiger partial charge < -0.3 is 24.1 Å². The first kappa shape index (κ1) is 21.1. The molecule has 0 aromatic rings. The number of ether oxygens (including phenoxy) is 4. The van der Waals surface area contributed by atoms with Crippen molar-refractivity contribution >= 4 is 17.7 Å². The van der Waals surface area contributed by atoms with Gasteiger partial charge in [0.1, 0.15) is 23.9 Å². The number of carbonyl (C=O) groups excluding carboxylic acids is 3. The minimum atomic E-state index is -1.74. The Kier molecular flexibility index (Phi) is 4.67. The van der Waals surface area contributed by atoms with Crippen molar-refractivity contribution < 1.29 is 38.4 Å². The number of hydrogen-bond donors (Lipinski definition) is 1. The van der Waals surface area contributed by atoms with Crippen LogP contribution in [0.15, 0.2) is 23.5 Å². The molecule has 2 fully saturated rings. The summed E-state index contributed by atoms with van der Waals surface area (Å²) in [6.45, 7) is 8.25. The van der Waals surface area contributed by atoms with E-state index in [2.05, 4.69) is 0 Å². The molecule has 0 aromatic carbocycles. The van der Waals surface area contributed by atoms with Crippen LogP contribution in [0.2, 0.25) is 0 Å². The van der Waals surface area contributed by atoms with Gasteiger partial charge in [-0.1, -0.05) is 13.8 Å². The van der Waals surface area contributed by atoms with Crippen LogP contribution in [-0.2, 0) is 33.3 Å². The topological polar surface area (TPSA) is 108 Å². The molecule has 0 aliphatic carbocycles. The SMILES string of the molecule is CC[C@@H](C)[C@@]1(O)O[C@H]2C[C@@]3(C)OC(=CC3=O)/C(COC(C)=O)=C\[C@H]3OC(=O)C1(C)C23. The van der Waals surface area contributed by atoms with Gasteiger partial charge in [-0.05, 0) is 26.3 Å². The Hall–Kier alpha value is -2.19. The number of carbonyl (C=O) groups is 3. The van der Waals surface area contributed by atoms with Crippen LogP contribution in [0.25, 0.3) is 0 Å². The Bertz CT molecular complexity index is 874. The Balaban J connectivity index is 1.84. The van der Waals surface area contributed by atoms with Crippen LogP contribution >= 0.6 is 0 Å². The van der Waals surface area contributed by atoms with Crippen molar-refractivity contribution in [3.63, 3.8) is 0 Å². The fourth-order valence-corrected chi connectivity index (χ4v) is 5.25. The van der Waals surface area contributed by atoms with Crippen LogP contribution in [0.1, 0.15) is 47.5 Å². The molecule has 1 N–H and O–H groups in total. The molecule has 4 heterocycles. The fraction of sp³-hybridized carbons (Fsp3) is 0.682. The molecule has 4 rings (SSSR count). The molecule has 30 heavy (non-hydrogen) atoms. The van der Waals surface area contributed by atoms with Crippen LogP contribution in [0.5, 0.6) is 0 Å². The van der Waals surface area contributed by atoms with Crippen molar-refractivity contribution in [3.8, 4) is 0 Å². The summed E-state index contributed by atoms with van der Waals surface area (Å²) in [5, 5.41) is 11.6. The lowest BCUT2D eigenvalue weighted by atomic mass is 9.66. The predicted octanol–water partition coefficient (Wildman–Crippen LogP) is 1.80. The fourth-order valence-electron chi connectivity index (χ4n) is 5.25. The Morgan fingerprint density at radius 3 is 2.70 bits per heavy atom. The normalized spacial score (nSPS) is 44.5. The molecular weight excluding hydrogens is 392 g/mol. The molecule has 4 aliphatic heterocycles. The summed E-state index contributed by atoms with van der Waals surface area (Å²) in [5.41, 5.74) is -2.07. The van der Waals surface area contributed by atoms with Crippen molar-refractivity contribution in [2.45, 2.75) is 71.1 Å². The summed E-state index contributed by atoms with van der Waals surface area (Å²) in [6.07, 6.45) is 2.44. The van der Waals surface area contributed by atoms with E-state index in [9.17, 15) is 19.5 Å². The van der Waals surface area contributed by atoms with E-state index in [-0.39, 0.29) is 24.7 Å². The molecule has 0 aromatic heterocycles. The molecule has 0 spiro atoms. The van der Waals surface area contributed by atoms with Gasteiger partial charge >= 0.3 is 11.9 Å². The van der Waals surface area contributed by atoms with Gasteiger partial charge in [0.15, 0.2) is 11.4 Å². The molecule has 2 saturated heterocycles. The van der Waals surface area contributed by atoms with E-state index >= 15 is 0 Å². The lowest BCUT2D eigenvalue weighted by Gasteiger charge is -2.38. The molecule has 0 saturated carbocycles. The summed E-state index contributed by atoms with van der Waals surface area (Å²) >= 11 is 0. The molecule has 7 atom stereocenters. The lowest BCUT2D eigenvalue weighted by Crippen LogP contribution is -2.53. The smallest absolute Gasteiger partial charge is 0.318 e. The zero-order valence-corrected chi connectivity index (χ0v) is 17.9. The number of hydrogen-bond acceptors (Lipinski definition) is 8. The Labute approximate surface area is 175 Å². The van der Waals surface area contributed by atoms with E-state index in [1.54, 1.807) is 19.9 Å². The molecular formula is C22H28O8. The number of aliphatic hydroxyl groups is 1. The second-order valence-electron chi connectivity index (χ2n) is 9.14. The number of esters is 2. The van der Waals surface area contributed by atoms with Crippen LogP contribution in [0, 0.1) is 17.3 Å². The molecule has 2 bridgehead atoms. The van der Waals surface area contributed by atoms with E-state index in [0.29, 0.717) is 17.8 Å². The molecule has 8 nitrogen and oxygen atoms in total.